The largest absolute Gasteiger partial charge is 0.376 e. The summed E-state index contributed by atoms with van der Waals surface area (Å²) >= 11 is 0. The maximum atomic E-state index is 11.9. The molecule has 0 bridgehead atoms. The predicted octanol–water partition coefficient (Wildman–Crippen LogP) is 2.34. The van der Waals surface area contributed by atoms with Crippen molar-refractivity contribution in [1.29, 1.82) is 0 Å². The lowest BCUT2D eigenvalue weighted by molar-refractivity contribution is -0.117. The van der Waals surface area contributed by atoms with Crippen LogP contribution in [0.4, 0.5) is 16.2 Å². The Morgan fingerprint density at radius 1 is 1.14 bits per heavy atom. The molecule has 3 N–H and O–H groups in total. The van der Waals surface area contributed by atoms with Gasteiger partial charge in [0.1, 0.15) is 0 Å². The molecule has 0 spiro atoms. The molecule has 3 rings (SSSR count). The van der Waals surface area contributed by atoms with Crippen molar-refractivity contribution in [3.63, 3.8) is 0 Å². The molecule has 118 valence electrons. The lowest BCUT2D eigenvalue weighted by Gasteiger charge is -2.12. The Labute approximate surface area is 129 Å². The van der Waals surface area contributed by atoms with Crippen LogP contribution in [0.3, 0.4) is 0 Å². The molecule has 3 amide bonds. The molecule has 1 aromatic rings. The minimum Gasteiger partial charge on any atom is -0.376 e. The summed E-state index contributed by atoms with van der Waals surface area (Å²) in [5.41, 5.74) is 1.35. The maximum Gasteiger partial charge on any atom is 0.319 e. The lowest BCUT2D eigenvalue weighted by Crippen LogP contribution is -2.35. The van der Waals surface area contributed by atoms with Crippen molar-refractivity contribution in [1.82, 2.24) is 5.32 Å². The van der Waals surface area contributed by atoms with Crippen molar-refractivity contribution >= 4 is 23.3 Å². The molecule has 0 radical (unpaired) electrons. The van der Waals surface area contributed by atoms with Gasteiger partial charge in [0.2, 0.25) is 5.91 Å². The zero-order valence-corrected chi connectivity index (χ0v) is 12.4. The third-order valence-corrected chi connectivity index (χ3v) is 3.85. The van der Waals surface area contributed by atoms with Crippen molar-refractivity contribution < 1.29 is 14.3 Å². The number of benzene rings is 1. The van der Waals surface area contributed by atoms with Crippen molar-refractivity contribution in [2.24, 2.45) is 5.92 Å². The zero-order chi connectivity index (χ0) is 15.4. The number of anilines is 2. The van der Waals surface area contributed by atoms with Gasteiger partial charge in [-0.05, 0) is 43.9 Å². The van der Waals surface area contributed by atoms with Gasteiger partial charge in [-0.3, -0.25) is 4.79 Å². The van der Waals surface area contributed by atoms with Gasteiger partial charge in [-0.15, -0.1) is 0 Å². The minimum absolute atomic E-state index is 0.0555. The second-order valence-corrected chi connectivity index (χ2v) is 5.81. The molecule has 2 fully saturated rings. The van der Waals surface area contributed by atoms with Crippen molar-refractivity contribution in [2.75, 3.05) is 23.8 Å². The Kier molecular flexibility index (Phi) is 4.58. The van der Waals surface area contributed by atoms with Gasteiger partial charge in [-0.1, -0.05) is 6.07 Å². The molecule has 1 aromatic carbocycles. The van der Waals surface area contributed by atoms with E-state index in [2.05, 4.69) is 16.0 Å². The molecule has 1 aliphatic heterocycles. The van der Waals surface area contributed by atoms with Gasteiger partial charge in [0.05, 0.1) is 6.10 Å². The van der Waals surface area contributed by atoms with E-state index in [0.29, 0.717) is 17.9 Å². The first-order valence-corrected chi connectivity index (χ1v) is 7.78. The van der Waals surface area contributed by atoms with Crippen molar-refractivity contribution in [3.8, 4) is 0 Å². The van der Waals surface area contributed by atoms with Gasteiger partial charge in [0.15, 0.2) is 0 Å². The van der Waals surface area contributed by atoms with Gasteiger partial charge >= 0.3 is 6.03 Å². The first-order chi connectivity index (χ1) is 10.7. The molecule has 1 saturated carbocycles. The quantitative estimate of drug-likeness (QED) is 0.781. The van der Waals surface area contributed by atoms with Gasteiger partial charge in [0.25, 0.3) is 0 Å². The Morgan fingerprint density at radius 2 is 1.91 bits per heavy atom. The number of hydrogen-bond acceptors (Lipinski definition) is 3. The second kappa shape index (κ2) is 6.79. The van der Waals surface area contributed by atoms with Crippen LogP contribution in [0.1, 0.15) is 25.7 Å². The van der Waals surface area contributed by atoms with E-state index in [1.807, 2.05) is 6.07 Å². The van der Waals surface area contributed by atoms with Crippen LogP contribution in [0, 0.1) is 5.92 Å². The van der Waals surface area contributed by atoms with E-state index in [1.54, 1.807) is 18.2 Å². The number of nitrogens with one attached hydrogen (secondary N) is 3. The van der Waals surface area contributed by atoms with Crippen LogP contribution in [0.5, 0.6) is 0 Å². The molecule has 6 nitrogen and oxygen atoms in total. The highest BCUT2D eigenvalue weighted by Gasteiger charge is 2.29. The summed E-state index contributed by atoms with van der Waals surface area (Å²) in [6.07, 6.45) is 4.10. The second-order valence-electron chi connectivity index (χ2n) is 5.81. The molecule has 1 atom stereocenters. The fraction of sp³-hybridized carbons (Fsp3) is 0.500. The highest BCUT2D eigenvalue weighted by atomic mass is 16.5. The van der Waals surface area contributed by atoms with Crippen LogP contribution >= 0.6 is 0 Å². The lowest BCUT2D eigenvalue weighted by atomic mass is 10.2. The number of carbonyl (C=O) groups is 2. The summed E-state index contributed by atoms with van der Waals surface area (Å²) in [6, 6.07) is 6.90. The van der Waals surface area contributed by atoms with E-state index < -0.39 is 0 Å². The van der Waals surface area contributed by atoms with Gasteiger partial charge in [0, 0.05) is 30.4 Å². The summed E-state index contributed by atoms with van der Waals surface area (Å²) in [5, 5.41) is 8.43. The van der Waals surface area contributed by atoms with E-state index >= 15 is 0 Å². The molecule has 1 saturated heterocycles. The molecular formula is C16H21N3O3. The number of carbonyl (C=O) groups excluding carboxylic acids is 2. The fourth-order valence-corrected chi connectivity index (χ4v) is 2.45. The van der Waals surface area contributed by atoms with Crippen LogP contribution in [-0.4, -0.2) is 31.2 Å². The summed E-state index contributed by atoms with van der Waals surface area (Å²) in [5.74, 6) is 0.214. The van der Waals surface area contributed by atoms with E-state index in [-0.39, 0.29) is 24.0 Å². The highest BCUT2D eigenvalue weighted by molar-refractivity contribution is 5.95. The molecule has 22 heavy (non-hydrogen) atoms. The Bertz CT molecular complexity index is 551. The normalized spacial score (nSPS) is 20.5. The Hall–Kier alpha value is -2.08. The van der Waals surface area contributed by atoms with Crippen LogP contribution in [-0.2, 0) is 9.53 Å². The first kappa shape index (κ1) is 14.8. The van der Waals surface area contributed by atoms with E-state index in [9.17, 15) is 9.59 Å². The van der Waals surface area contributed by atoms with Gasteiger partial charge < -0.3 is 20.7 Å². The number of urea groups is 1. The first-order valence-electron chi connectivity index (χ1n) is 7.78. The van der Waals surface area contributed by atoms with Crippen LogP contribution in [0.15, 0.2) is 24.3 Å². The number of amides is 3. The molecule has 2 aliphatic rings. The van der Waals surface area contributed by atoms with Crippen molar-refractivity contribution in [2.45, 2.75) is 31.8 Å². The fourth-order valence-electron chi connectivity index (χ4n) is 2.45. The van der Waals surface area contributed by atoms with Crippen LogP contribution < -0.4 is 16.0 Å². The van der Waals surface area contributed by atoms with E-state index in [0.717, 1.165) is 32.3 Å². The summed E-state index contributed by atoms with van der Waals surface area (Å²) in [4.78, 5) is 23.6. The Balaban J connectivity index is 1.48. The predicted molar refractivity (Wildman–Crippen MR) is 83.8 cm³/mol. The summed E-state index contributed by atoms with van der Waals surface area (Å²) in [7, 11) is 0. The van der Waals surface area contributed by atoms with Crippen LogP contribution in [0.2, 0.25) is 0 Å². The average Bonchev–Trinajstić information content (AvgIpc) is 3.23. The number of hydrogen-bond donors (Lipinski definition) is 3. The Morgan fingerprint density at radius 3 is 2.59 bits per heavy atom. The topological polar surface area (TPSA) is 79.5 Å². The molecule has 1 heterocycles. The molecule has 0 aromatic heterocycles. The van der Waals surface area contributed by atoms with E-state index in [4.69, 9.17) is 4.74 Å². The zero-order valence-electron chi connectivity index (χ0n) is 12.4. The third-order valence-electron chi connectivity index (χ3n) is 3.85. The average molecular weight is 303 g/mol. The minimum atomic E-state index is -0.263. The molecule has 1 unspecified atom stereocenters. The highest BCUT2D eigenvalue weighted by Crippen LogP contribution is 2.30. The number of rotatable bonds is 5. The van der Waals surface area contributed by atoms with Gasteiger partial charge in [-0.2, -0.15) is 0 Å². The van der Waals surface area contributed by atoms with E-state index in [1.165, 1.54) is 0 Å². The smallest absolute Gasteiger partial charge is 0.319 e. The van der Waals surface area contributed by atoms with Crippen molar-refractivity contribution in [3.05, 3.63) is 24.3 Å². The third kappa shape index (κ3) is 4.21. The SMILES string of the molecule is O=C(NCC1CCCO1)Nc1cccc(NC(=O)C2CC2)c1. The molecular weight excluding hydrogens is 282 g/mol. The van der Waals surface area contributed by atoms with Gasteiger partial charge in [-0.25, -0.2) is 4.79 Å². The summed E-state index contributed by atoms with van der Waals surface area (Å²) in [6.45, 7) is 1.29. The monoisotopic (exact) mass is 303 g/mol. The van der Waals surface area contributed by atoms with Crippen LogP contribution in [0.25, 0.3) is 0 Å². The molecule has 1 aliphatic carbocycles. The number of ether oxygens (including phenoxy) is 1. The summed E-state index contributed by atoms with van der Waals surface area (Å²) < 4.78 is 5.45. The maximum absolute atomic E-state index is 11.9. The standard InChI is InChI=1S/C16H21N3O3/c20-15(11-6-7-11)18-12-3-1-4-13(9-12)19-16(21)17-10-14-5-2-8-22-14/h1,3-4,9,11,14H,2,5-8,10H2,(H,18,20)(H2,17,19,21). The molecule has 6 heteroatoms.